The Morgan fingerprint density at radius 1 is 0.250 bits per heavy atom. The minimum atomic E-state index is 1.10. The van der Waals surface area contributed by atoms with E-state index >= 15 is 0 Å². The Balaban J connectivity index is 1.35. The van der Waals surface area contributed by atoms with Crippen molar-refractivity contribution in [3.8, 4) is 22.3 Å². The highest BCUT2D eigenvalue weighted by Gasteiger charge is 2.18. The second kappa shape index (κ2) is 13.5. The Morgan fingerprint density at radius 2 is 0.583 bits per heavy atom. The van der Waals surface area contributed by atoms with Crippen LogP contribution >= 0.6 is 0 Å². The average molecular weight is 621 g/mol. The number of anilines is 6. The Hall–Kier alpha value is -5.86. The maximum absolute atomic E-state index is 2.37. The second-order valence-corrected chi connectivity index (χ2v) is 12.7. The Bertz CT molecular complexity index is 1950. The molecule has 234 valence electrons. The van der Waals surface area contributed by atoms with Crippen LogP contribution in [0.1, 0.15) is 22.3 Å². The second-order valence-electron chi connectivity index (χ2n) is 12.7. The predicted octanol–water partition coefficient (Wildman–Crippen LogP) is 13.2. The molecule has 48 heavy (non-hydrogen) atoms. The fraction of sp³-hybridized carbons (Fsp3) is 0.0870. The molecule has 0 radical (unpaired) electrons. The van der Waals surface area contributed by atoms with Crippen molar-refractivity contribution < 1.29 is 0 Å². The molecule has 0 saturated heterocycles. The van der Waals surface area contributed by atoms with Crippen molar-refractivity contribution in [2.24, 2.45) is 0 Å². The summed E-state index contributed by atoms with van der Waals surface area (Å²) in [6, 6.07) is 61.4. The highest BCUT2D eigenvalue weighted by atomic mass is 15.2. The molecule has 0 bridgehead atoms. The van der Waals surface area contributed by atoms with Gasteiger partial charge in [0.1, 0.15) is 0 Å². The molecule has 0 unspecified atom stereocenters. The number of rotatable bonds is 8. The Morgan fingerprint density at radius 3 is 0.938 bits per heavy atom. The Kier molecular flexibility index (Phi) is 8.64. The lowest BCUT2D eigenvalue weighted by Crippen LogP contribution is -2.13. The molecular formula is C46H40N2. The summed E-state index contributed by atoms with van der Waals surface area (Å²) < 4.78 is 0. The van der Waals surface area contributed by atoms with Gasteiger partial charge in [0.2, 0.25) is 0 Å². The fourth-order valence-corrected chi connectivity index (χ4v) is 6.69. The van der Waals surface area contributed by atoms with Gasteiger partial charge < -0.3 is 9.80 Å². The summed E-state index contributed by atoms with van der Waals surface area (Å²) in [5.41, 5.74) is 16.5. The molecule has 2 nitrogen and oxygen atoms in total. The molecule has 7 aromatic carbocycles. The van der Waals surface area contributed by atoms with Crippen molar-refractivity contribution in [3.05, 3.63) is 192 Å². The molecule has 0 spiro atoms. The van der Waals surface area contributed by atoms with Crippen LogP contribution in [0.4, 0.5) is 34.1 Å². The van der Waals surface area contributed by atoms with Crippen molar-refractivity contribution in [1.29, 1.82) is 0 Å². The van der Waals surface area contributed by atoms with Gasteiger partial charge in [-0.05, 0) is 139 Å². The lowest BCUT2D eigenvalue weighted by molar-refractivity contribution is 1.23. The van der Waals surface area contributed by atoms with Gasteiger partial charge in [0.25, 0.3) is 0 Å². The van der Waals surface area contributed by atoms with Crippen LogP contribution in [0, 0.1) is 27.7 Å². The third-order valence-corrected chi connectivity index (χ3v) is 8.74. The van der Waals surface area contributed by atoms with Crippen molar-refractivity contribution in [3.63, 3.8) is 0 Å². The molecule has 0 saturated carbocycles. The zero-order chi connectivity index (χ0) is 33.0. The van der Waals surface area contributed by atoms with Gasteiger partial charge in [0.05, 0.1) is 0 Å². The lowest BCUT2D eigenvalue weighted by Gasteiger charge is -2.30. The molecule has 0 N–H and O–H groups in total. The van der Waals surface area contributed by atoms with Gasteiger partial charge in [-0.3, -0.25) is 0 Å². The van der Waals surface area contributed by atoms with E-state index in [1.54, 1.807) is 0 Å². The zero-order valence-electron chi connectivity index (χ0n) is 28.1. The van der Waals surface area contributed by atoms with Crippen molar-refractivity contribution in [2.45, 2.75) is 27.7 Å². The number of hydrogen-bond donors (Lipinski definition) is 0. The molecule has 0 amide bonds. The molecule has 7 rings (SSSR count). The summed E-state index contributed by atoms with van der Waals surface area (Å²) in [6.07, 6.45) is 0. The SMILES string of the molecule is Cc1cc(C)cc(N(c2ccc(-c3ccccc3)cc2)c2cccc(N(c3ccc(-c4ccccc4)cc3)c3cc(C)cc(C)c3)c2)c1. The Labute approximate surface area is 285 Å². The van der Waals surface area contributed by atoms with Crippen molar-refractivity contribution in [1.82, 2.24) is 0 Å². The van der Waals surface area contributed by atoms with Crippen LogP contribution in [0.5, 0.6) is 0 Å². The van der Waals surface area contributed by atoms with Crippen LogP contribution in [-0.4, -0.2) is 0 Å². The smallest absolute Gasteiger partial charge is 0.0482 e. The average Bonchev–Trinajstić information content (AvgIpc) is 3.09. The van der Waals surface area contributed by atoms with Crippen LogP contribution in [0.3, 0.4) is 0 Å². The van der Waals surface area contributed by atoms with Gasteiger partial charge in [-0.1, -0.05) is 103 Å². The van der Waals surface area contributed by atoms with Crippen LogP contribution in [0.2, 0.25) is 0 Å². The molecular weight excluding hydrogens is 581 g/mol. The summed E-state index contributed by atoms with van der Waals surface area (Å²) >= 11 is 0. The van der Waals surface area contributed by atoms with Gasteiger partial charge in [-0.25, -0.2) is 0 Å². The lowest BCUT2D eigenvalue weighted by atomic mass is 10.0. The minimum Gasteiger partial charge on any atom is -0.310 e. The molecule has 0 heterocycles. The summed E-state index contributed by atoms with van der Waals surface area (Å²) in [6.45, 7) is 8.68. The predicted molar refractivity (Wildman–Crippen MR) is 206 cm³/mol. The van der Waals surface area contributed by atoms with E-state index in [1.807, 2.05) is 0 Å². The van der Waals surface area contributed by atoms with E-state index < -0.39 is 0 Å². The quantitative estimate of drug-likeness (QED) is 0.167. The van der Waals surface area contributed by atoms with E-state index in [4.69, 9.17) is 0 Å². The van der Waals surface area contributed by atoms with E-state index in [1.165, 1.54) is 44.5 Å². The molecule has 0 atom stereocenters. The topological polar surface area (TPSA) is 6.48 Å². The molecule has 0 aromatic heterocycles. The maximum Gasteiger partial charge on any atom is 0.0482 e. The van der Waals surface area contributed by atoms with Crippen LogP contribution < -0.4 is 9.80 Å². The largest absolute Gasteiger partial charge is 0.310 e. The monoisotopic (exact) mass is 620 g/mol. The summed E-state index contributed by atoms with van der Waals surface area (Å²) in [5, 5.41) is 0. The first-order valence-electron chi connectivity index (χ1n) is 16.6. The molecule has 0 aliphatic carbocycles. The standard InChI is InChI=1S/C46H40N2/c1-33-26-34(2)29-45(28-33)47(41-22-18-39(19-23-41)37-12-7-5-8-13-37)43-16-11-17-44(32-43)48(46-30-35(3)27-36(4)31-46)42-24-20-40(21-25-42)38-14-9-6-10-15-38/h5-32H,1-4H3. The minimum absolute atomic E-state index is 1.10. The molecule has 0 fully saturated rings. The van der Waals surface area contributed by atoms with Crippen molar-refractivity contribution in [2.75, 3.05) is 9.80 Å². The third kappa shape index (κ3) is 6.65. The normalized spacial score (nSPS) is 10.9. The first-order chi connectivity index (χ1) is 23.4. The van der Waals surface area contributed by atoms with E-state index in [-0.39, 0.29) is 0 Å². The van der Waals surface area contributed by atoms with Gasteiger partial charge in [0.15, 0.2) is 0 Å². The van der Waals surface area contributed by atoms with Gasteiger partial charge >= 0.3 is 0 Å². The van der Waals surface area contributed by atoms with E-state index in [0.717, 1.165) is 34.1 Å². The summed E-state index contributed by atoms with van der Waals surface area (Å²) in [4.78, 5) is 4.74. The van der Waals surface area contributed by atoms with E-state index in [2.05, 4.69) is 207 Å². The van der Waals surface area contributed by atoms with Crippen molar-refractivity contribution >= 4 is 34.1 Å². The first kappa shape index (κ1) is 30.8. The molecule has 7 aromatic rings. The zero-order valence-corrected chi connectivity index (χ0v) is 28.1. The summed E-state index contributed by atoms with van der Waals surface area (Å²) in [5.74, 6) is 0. The van der Waals surface area contributed by atoms with Gasteiger partial charge in [-0.2, -0.15) is 0 Å². The van der Waals surface area contributed by atoms with Gasteiger partial charge in [-0.15, -0.1) is 0 Å². The molecule has 2 heteroatoms. The highest BCUT2D eigenvalue weighted by molar-refractivity contribution is 5.84. The molecule has 0 aliphatic heterocycles. The van der Waals surface area contributed by atoms with E-state index in [0.29, 0.717) is 0 Å². The first-order valence-corrected chi connectivity index (χ1v) is 16.6. The third-order valence-electron chi connectivity index (χ3n) is 8.74. The van der Waals surface area contributed by atoms with E-state index in [9.17, 15) is 0 Å². The highest BCUT2D eigenvalue weighted by Crippen LogP contribution is 2.42. The number of hydrogen-bond acceptors (Lipinski definition) is 2. The summed E-state index contributed by atoms with van der Waals surface area (Å²) in [7, 11) is 0. The van der Waals surface area contributed by atoms with Crippen LogP contribution in [0.25, 0.3) is 22.3 Å². The number of aryl methyl sites for hydroxylation is 4. The number of benzene rings is 7. The number of nitrogens with zero attached hydrogens (tertiary/aromatic N) is 2. The fourth-order valence-electron chi connectivity index (χ4n) is 6.69. The molecule has 0 aliphatic rings. The van der Waals surface area contributed by atoms with Crippen LogP contribution in [-0.2, 0) is 0 Å². The van der Waals surface area contributed by atoms with Gasteiger partial charge in [0, 0.05) is 34.1 Å². The van der Waals surface area contributed by atoms with Crippen LogP contribution in [0.15, 0.2) is 170 Å². The maximum atomic E-state index is 2.37.